The van der Waals surface area contributed by atoms with Crippen LogP contribution in [0, 0.1) is 0 Å². The SMILES string of the molecule is c1ccc(-c2cc(N3c4ccccc4-c4nc5ccccc5n4-c4ccccc43)nc(-c3ccccc3)n2)cc1. The third-order valence-corrected chi connectivity index (χ3v) is 7.35. The Balaban J connectivity index is 1.45. The monoisotopic (exact) mass is 513 g/mol. The highest BCUT2D eigenvalue weighted by atomic mass is 15.3. The summed E-state index contributed by atoms with van der Waals surface area (Å²) in [5.74, 6) is 2.38. The van der Waals surface area contributed by atoms with E-state index in [0.29, 0.717) is 5.82 Å². The van der Waals surface area contributed by atoms with Crippen molar-refractivity contribution in [3.63, 3.8) is 0 Å². The molecule has 0 radical (unpaired) electrons. The molecule has 0 aliphatic carbocycles. The van der Waals surface area contributed by atoms with Gasteiger partial charge in [-0.05, 0) is 36.4 Å². The molecule has 2 aromatic heterocycles. The highest BCUT2D eigenvalue weighted by Crippen LogP contribution is 2.47. The lowest BCUT2D eigenvalue weighted by Gasteiger charge is -2.26. The Morgan fingerprint density at radius 3 is 1.90 bits per heavy atom. The molecule has 5 aromatic carbocycles. The van der Waals surface area contributed by atoms with Crippen molar-refractivity contribution in [1.29, 1.82) is 0 Å². The van der Waals surface area contributed by atoms with Gasteiger partial charge in [-0.2, -0.15) is 0 Å². The van der Waals surface area contributed by atoms with Crippen LogP contribution in [0.15, 0.2) is 140 Å². The van der Waals surface area contributed by atoms with Crippen LogP contribution in [0.3, 0.4) is 0 Å². The van der Waals surface area contributed by atoms with Crippen molar-refractivity contribution >= 4 is 28.2 Å². The van der Waals surface area contributed by atoms with Crippen LogP contribution < -0.4 is 4.90 Å². The Labute approximate surface area is 231 Å². The van der Waals surface area contributed by atoms with E-state index in [9.17, 15) is 0 Å². The van der Waals surface area contributed by atoms with Crippen LogP contribution in [0.5, 0.6) is 0 Å². The molecular formula is C35H23N5. The number of fused-ring (bicyclic) bond motifs is 7. The van der Waals surface area contributed by atoms with Gasteiger partial charge in [0.15, 0.2) is 5.82 Å². The van der Waals surface area contributed by atoms with Gasteiger partial charge in [0.1, 0.15) is 11.6 Å². The van der Waals surface area contributed by atoms with Crippen molar-refractivity contribution < 1.29 is 0 Å². The van der Waals surface area contributed by atoms with E-state index in [1.807, 2.05) is 42.5 Å². The second-order valence-corrected chi connectivity index (χ2v) is 9.77. The molecule has 0 fully saturated rings. The van der Waals surface area contributed by atoms with Gasteiger partial charge < -0.3 is 0 Å². The largest absolute Gasteiger partial charge is 0.292 e. The summed E-state index contributed by atoms with van der Waals surface area (Å²) in [7, 11) is 0. The summed E-state index contributed by atoms with van der Waals surface area (Å²) in [6.45, 7) is 0. The van der Waals surface area contributed by atoms with E-state index in [1.165, 1.54) is 0 Å². The third kappa shape index (κ3) is 3.52. The first kappa shape index (κ1) is 22.4. The Morgan fingerprint density at radius 1 is 0.475 bits per heavy atom. The van der Waals surface area contributed by atoms with Crippen LogP contribution in [0.25, 0.3) is 50.8 Å². The predicted octanol–water partition coefficient (Wildman–Crippen LogP) is 8.60. The number of imidazole rings is 1. The van der Waals surface area contributed by atoms with E-state index in [-0.39, 0.29) is 0 Å². The minimum atomic E-state index is 0.680. The molecule has 1 aliphatic heterocycles. The average molecular weight is 514 g/mol. The summed E-state index contributed by atoms with van der Waals surface area (Å²) in [6.07, 6.45) is 0. The molecule has 8 rings (SSSR count). The van der Waals surface area contributed by atoms with Gasteiger partial charge in [-0.3, -0.25) is 9.47 Å². The van der Waals surface area contributed by atoms with Crippen LogP contribution in [0.2, 0.25) is 0 Å². The van der Waals surface area contributed by atoms with Crippen LogP contribution in [-0.4, -0.2) is 19.5 Å². The fraction of sp³-hybridized carbons (Fsp3) is 0. The molecule has 0 bridgehead atoms. The van der Waals surface area contributed by atoms with E-state index >= 15 is 0 Å². The number of hydrogen-bond donors (Lipinski definition) is 0. The number of anilines is 3. The smallest absolute Gasteiger partial charge is 0.162 e. The first-order valence-electron chi connectivity index (χ1n) is 13.3. The summed E-state index contributed by atoms with van der Waals surface area (Å²) < 4.78 is 2.26. The summed E-state index contributed by atoms with van der Waals surface area (Å²) >= 11 is 0. The number of para-hydroxylation sites is 5. The van der Waals surface area contributed by atoms with Crippen molar-refractivity contribution in [2.45, 2.75) is 0 Å². The lowest BCUT2D eigenvalue weighted by atomic mass is 10.1. The van der Waals surface area contributed by atoms with Gasteiger partial charge in [0.25, 0.3) is 0 Å². The average Bonchev–Trinajstić information content (AvgIpc) is 3.36. The molecule has 0 amide bonds. The Bertz CT molecular complexity index is 1950. The first-order valence-corrected chi connectivity index (χ1v) is 13.3. The number of benzene rings is 5. The van der Waals surface area contributed by atoms with Gasteiger partial charge in [-0.25, -0.2) is 15.0 Å². The standard InChI is InChI=1S/C35H23N5/c1-3-13-24(14-4-1)28-23-33(38-34(36-28)25-15-5-2-6-16-25)39-29-19-9-7-17-26(29)35-37-27-18-8-10-20-30(27)40(35)32-22-12-11-21-31(32)39/h1-23H. The van der Waals surface area contributed by atoms with Gasteiger partial charge in [-0.1, -0.05) is 97.1 Å². The molecule has 0 saturated heterocycles. The molecular weight excluding hydrogens is 490 g/mol. The van der Waals surface area contributed by atoms with Crippen LogP contribution in [0.1, 0.15) is 0 Å². The molecule has 188 valence electrons. The molecule has 0 unspecified atom stereocenters. The number of aromatic nitrogens is 4. The van der Waals surface area contributed by atoms with E-state index in [1.54, 1.807) is 0 Å². The summed E-state index contributed by atoms with van der Waals surface area (Å²) in [4.78, 5) is 17.6. The molecule has 40 heavy (non-hydrogen) atoms. The molecule has 0 N–H and O–H groups in total. The summed E-state index contributed by atoms with van der Waals surface area (Å²) in [5, 5.41) is 0. The van der Waals surface area contributed by atoms with Crippen molar-refractivity contribution in [3.05, 3.63) is 140 Å². The van der Waals surface area contributed by atoms with Gasteiger partial charge in [0, 0.05) is 22.8 Å². The first-order chi connectivity index (χ1) is 19.8. The maximum absolute atomic E-state index is 5.19. The molecule has 0 saturated carbocycles. The molecule has 0 spiro atoms. The number of nitrogens with zero attached hydrogens (tertiary/aromatic N) is 5. The van der Waals surface area contributed by atoms with Gasteiger partial charge in [0.2, 0.25) is 0 Å². The fourth-order valence-corrected chi connectivity index (χ4v) is 5.55. The molecule has 5 heteroatoms. The molecule has 7 aromatic rings. The van der Waals surface area contributed by atoms with E-state index in [2.05, 4.69) is 107 Å². The van der Waals surface area contributed by atoms with Crippen LogP contribution in [0.4, 0.5) is 17.2 Å². The zero-order valence-corrected chi connectivity index (χ0v) is 21.5. The Kier molecular flexibility index (Phi) is 5.07. The van der Waals surface area contributed by atoms with Crippen molar-refractivity contribution in [3.8, 4) is 39.7 Å². The zero-order valence-electron chi connectivity index (χ0n) is 21.5. The Hall–Kier alpha value is -5.55. The number of rotatable bonds is 3. The second-order valence-electron chi connectivity index (χ2n) is 9.77. The Morgan fingerprint density at radius 2 is 1.10 bits per heavy atom. The predicted molar refractivity (Wildman–Crippen MR) is 161 cm³/mol. The van der Waals surface area contributed by atoms with Crippen molar-refractivity contribution in [2.75, 3.05) is 4.90 Å². The molecule has 3 heterocycles. The lowest BCUT2D eigenvalue weighted by molar-refractivity contribution is 1.10. The highest BCUT2D eigenvalue weighted by Gasteiger charge is 2.29. The van der Waals surface area contributed by atoms with Crippen molar-refractivity contribution in [2.24, 2.45) is 0 Å². The maximum Gasteiger partial charge on any atom is 0.162 e. The highest BCUT2D eigenvalue weighted by molar-refractivity contribution is 5.96. The minimum Gasteiger partial charge on any atom is -0.292 e. The fourth-order valence-electron chi connectivity index (χ4n) is 5.55. The molecule has 0 atom stereocenters. The van der Waals surface area contributed by atoms with Crippen molar-refractivity contribution in [1.82, 2.24) is 19.5 Å². The molecule has 1 aliphatic rings. The number of hydrogen-bond acceptors (Lipinski definition) is 4. The zero-order chi connectivity index (χ0) is 26.5. The summed E-state index contributed by atoms with van der Waals surface area (Å²) in [6, 6.07) is 47.8. The van der Waals surface area contributed by atoms with Gasteiger partial charge in [0.05, 0.1) is 33.8 Å². The van der Waals surface area contributed by atoms with E-state index in [0.717, 1.165) is 62.1 Å². The molecule has 5 nitrogen and oxygen atoms in total. The summed E-state index contributed by atoms with van der Waals surface area (Å²) in [5.41, 5.74) is 9.03. The second kappa shape index (κ2) is 9.03. The van der Waals surface area contributed by atoms with Gasteiger partial charge >= 0.3 is 0 Å². The minimum absolute atomic E-state index is 0.680. The van der Waals surface area contributed by atoms with Gasteiger partial charge in [-0.15, -0.1) is 0 Å². The topological polar surface area (TPSA) is 46.8 Å². The van der Waals surface area contributed by atoms with Crippen LogP contribution in [-0.2, 0) is 0 Å². The maximum atomic E-state index is 5.19. The quantitative estimate of drug-likeness (QED) is 0.237. The third-order valence-electron chi connectivity index (χ3n) is 7.35. The lowest BCUT2D eigenvalue weighted by Crippen LogP contribution is -2.14. The van der Waals surface area contributed by atoms with E-state index < -0.39 is 0 Å². The normalized spacial score (nSPS) is 11.9. The van der Waals surface area contributed by atoms with E-state index in [4.69, 9.17) is 15.0 Å². The van der Waals surface area contributed by atoms with Crippen LogP contribution >= 0.6 is 0 Å².